The van der Waals surface area contributed by atoms with E-state index in [1.807, 2.05) is 12.3 Å². The molecule has 90 valence electrons. The predicted octanol–water partition coefficient (Wildman–Crippen LogP) is 4.16. The first-order valence-corrected chi connectivity index (χ1v) is 6.68. The second-order valence-electron chi connectivity index (χ2n) is 4.40. The lowest BCUT2D eigenvalue weighted by Crippen LogP contribution is -2.02. The summed E-state index contributed by atoms with van der Waals surface area (Å²) in [5, 5.41) is 1.28. The second kappa shape index (κ2) is 4.58. The third-order valence-electron chi connectivity index (χ3n) is 3.13. The number of aromatic nitrogens is 2. The van der Waals surface area contributed by atoms with Crippen LogP contribution in [-0.4, -0.2) is 9.55 Å². The van der Waals surface area contributed by atoms with E-state index in [0.29, 0.717) is 0 Å². The zero-order chi connectivity index (χ0) is 12.5. The summed E-state index contributed by atoms with van der Waals surface area (Å²) in [6, 6.07) is 14.8. The third kappa shape index (κ3) is 2.06. The van der Waals surface area contributed by atoms with Crippen molar-refractivity contribution >= 4 is 26.8 Å². The molecule has 0 atom stereocenters. The lowest BCUT2D eigenvalue weighted by atomic mass is 10.2. The van der Waals surface area contributed by atoms with E-state index in [2.05, 4.69) is 68.8 Å². The van der Waals surface area contributed by atoms with E-state index in [-0.39, 0.29) is 0 Å². The Morgan fingerprint density at radius 2 is 2.00 bits per heavy atom. The van der Waals surface area contributed by atoms with Gasteiger partial charge < -0.3 is 4.57 Å². The van der Waals surface area contributed by atoms with Gasteiger partial charge in [-0.25, -0.2) is 0 Å². The monoisotopic (exact) mass is 300 g/mol. The fourth-order valence-electron chi connectivity index (χ4n) is 2.22. The molecule has 2 aromatic heterocycles. The van der Waals surface area contributed by atoms with Gasteiger partial charge >= 0.3 is 0 Å². The molecule has 0 saturated carbocycles. The maximum atomic E-state index is 4.43. The molecule has 3 aromatic rings. The summed E-state index contributed by atoms with van der Waals surface area (Å²) in [5.74, 6) is 0. The molecule has 0 bridgehead atoms. The van der Waals surface area contributed by atoms with Gasteiger partial charge in [0.05, 0.1) is 12.2 Å². The molecule has 2 heterocycles. The Hall–Kier alpha value is -1.61. The van der Waals surface area contributed by atoms with Gasteiger partial charge in [0.25, 0.3) is 0 Å². The van der Waals surface area contributed by atoms with Crippen molar-refractivity contribution in [3.8, 4) is 0 Å². The number of fused-ring (bicyclic) bond motifs is 1. The Morgan fingerprint density at radius 1 is 1.17 bits per heavy atom. The number of para-hydroxylation sites is 1. The normalized spacial score (nSPS) is 11.0. The van der Waals surface area contributed by atoms with Crippen LogP contribution < -0.4 is 0 Å². The second-order valence-corrected chi connectivity index (χ2v) is 5.31. The Balaban J connectivity index is 2.04. The van der Waals surface area contributed by atoms with Gasteiger partial charge in [-0.05, 0) is 52.5 Å². The number of halogens is 1. The molecule has 3 rings (SSSR count). The summed E-state index contributed by atoms with van der Waals surface area (Å²) in [6.45, 7) is 2.95. The first-order valence-electron chi connectivity index (χ1n) is 5.89. The van der Waals surface area contributed by atoms with E-state index in [1.165, 1.54) is 16.6 Å². The van der Waals surface area contributed by atoms with Crippen molar-refractivity contribution in [2.24, 2.45) is 0 Å². The first kappa shape index (κ1) is 11.5. The molecule has 0 unspecified atom stereocenters. The maximum absolute atomic E-state index is 4.43. The molecule has 18 heavy (non-hydrogen) atoms. The van der Waals surface area contributed by atoms with Gasteiger partial charge in [0.2, 0.25) is 0 Å². The number of rotatable bonds is 2. The summed E-state index contributed by atoms with van der Waals surface area (Å²) in [6.07, 6.45) is 1.84. The van der Waals surface area contributed by atoms with Gasteiger partial charge in [0.1, 0.15) is 0 Å². The average molecular weight is 301 g/mol. The summed E-state index contributed by atoms with van der Waals surface area (Å²) in [7, 11) is 0. The van der Waals surface area contributed by atoms with Crippen LogP contribution >= 0.6 is 15.9 Å². The number of nitrogens with zero attached hydrogens (tertiary/aromatic N) is 2. The molecule has 0 aliphatic heterocycles. The van der Waals surface area contributed by atoms with E-state index < -0.39 is 0 Å². The van der Waals surface area contributed by atoms with Crippen molar-refractivity contribution < 1.29 is 0 Å². The van der Waals surface area contributed by atoms with Gasteiger partial charge in [-0.3, -0.25) is 4.98 Å². The minimum atomic E-state index is 0.812. The molecule has 0 radical (unpaired) electrons. The number of hydrogen-bond donors (Lipinski definition) is 0. The summed E-state index contributed by atoms with van der Waals surface area (Å²) in [5.41, 5.74) is 3.60. The number of aryl methyl sites for hydroxylation is 1. The zero-order valence-corrected chi connectivity index (χ0v) is 11.7. The summed E-state index contributed by atoms with van der Waals surface area (Å²) >= 11 is 3.41. The van der Waals surface area contributed by atoms with Gasteiger partial charge in [0.15, 0.2) is 0 Å². The molecule has 0 aliphatic carbocycles. The first-order chi connectivity index (χ1) is 8.74. The van der Waals surface area contributed by atoms with Crippen molar-refractivity contribution in [3.05, 3.63) is 64.5 Å². The molecule has 0 spiro atoms. The highest BCUT2D eigenvalue weighted by atomic mass is 79.9. The van der Waals surface area contributed by atoms with Crippen molar-refractivity contribution in [1.82, 2.24) is 9.55 Å². The molecular weight excluding hydrogens is 288 g/mol. The Kier molecular flexibility index (Phi) is 2.92. The minimum absolute atomic E-state index is 0.812. The van der Waals surface area contributed by atoms with Crippen LogP contribution in [0.25, 0.3) is 10.9 Å². The van der Waals surface area contributed by atoms with Crippen molar-refractivity contribution in [3.63, 3.8) is 0 Å². The highest BCUT2D eigenvalue weighted by Crippen LogP contribution is 2.20. The number of pyridine rings is 1. The molecule has 3 heteroatoms. The number of hydrogen-bond acceptors (Lipinski definition) is 1. The van der Waals surface area contributed by atoms with Crippen LogP contribution in [0.2, 0.25) is 0 Å². The maximum Gasteiger partial charge on any atom is 0.0651 e. The average Bonchev–Trinajstić information content (AvgIpc) is 2.69. The predicted molar refractivity (Wildman–Crippen MR) is 77.7 cm³/mol. The Labute approximate surface area is 114 Å². The van der Waals surface area contributed by atoms with Crippen LogP contribution in [0.1, 0.15) is 11.4 Å². The highest BCUT2D eigenvalue weighted by Gasteiger charge is 2.05. The van der Waals surface area contributed by atoms with E-state index in [0.717, 1.165) is 16.7 Å². The molecule has 2 nitrogen and oxygen atoms in total. The Bertz CT molecular complexity index is 683. The molecule has 0 amide bonds. The lowest BCUT2D eigenvalue weighted by Gasteiger charge is -2.07. The fourth-order valence-corrected chi connectivity index (χ4v) is 2.45. The smallest absolute Gasteiger partial charge is 0.0651 e. The molecule has 1 aromatic carbocycles. The quantitative estimate of drug-likeness (QED) is 0.695. The van der Waals surface area contributed by atoms with Crippen molar-refractivity contribution in [2.75, 3.05) is 0 Å². The molecule has 0 aliphatic rings. The van der Waals surface area contributed by atoms with Crippen LogP contribution in [0.4, 0.5) is 0 Å². The van der Waals surface area contributed by atoms with Crippen molar-refractivity contribution in [1.29, 1.82) is 0 Å². The van der Waals surface area contributed by atoms with E-state index >= 15 is 0 Å². The van der Waals surface area contributed by atoms with E-state index in [4.69, 9.17) is 0 Å². The molecule has 0 saturated heterocycles. The Morgan fingerprint density at radius 3 is 2.78 bits per heavy atom. The minimum Gasteiger partial charge on any atom is -0.339 e. The zero-order valence-electron chi connectivity index (χ0n) is 10.1. The van der Waals surface area contributed by atoms with E-state index in [9.17, 15) is 0 Å². The SMILES string of the molecule is Cc1cc2ccccc2n1Cc1ccc(Br)cn1. The number of benzene rings is 1. The third-order valence-corrected chi connectivity index (χ3v) is 3.60. The fraction of sp³-hybridized carbons (Fsp3) is 0.133. The molecule has 0 N–H and O–H groups in total. The van der Waals surface area contributed by atoms with Crippen LogP contribution in [0, 0.1) is 6.92 Å². The molecular formula is C15H13BrN2. The van der Waals surface area contributed by atoms with Gasteiger partial charge in [-0.1, -0.05) is 18.2 Å². The summed E-state index contributed by atoms with van der Waals surface area (Å²) < 4.78 is 3.31. The van der Waals surface area contributed by atoms with Crippen LogP contribution in [-0.2, 0) is 6.54 Å². The lowest BCUT2D eigenvalue weighted by molar-refractivity contribution is 0.780. The topological polar surface area (TPSA) is 17.8 Å². The van der Waals surface area contributed by atoms with Crippen LogP contribution in [0.15, 0.2) is 53.1 Å². The summed E-state index contributed by atoms with van der Waals surface area (Å²) in [4.78, 5) is 4.43. The molecule has 0 fully saturated rings. The van der Waals surface area contributed by atoms with Gasteiger partial charge in [0, 0.05) is 21.9 Å². The van der Waals surface area contributed by atoms with E-state index in [1.54, 1.807) is 0 Å². The largest absolute Gasteiger partial charge is 0.339 e. The standard InChI is InChI=1S/C15H13BrN2/c1-11-8-12-4-2-3-5-15(12)18(11)10-14-7-6-13(16)9-17-14/h2-9H,10H2,1H3. The van der Waals surface area contributed by atoms with Gasteiger partial charge in [-0.2, -0.15) is 0 Å². The highest BCUT2D eigenvalue weighted by molar-refractivity contribution is 9.10. The van der Waals surface area contributed by atoms with Gasteiger partial charge in [-0.15, -0.1) is 0 Å². The van der Waals surface area contributed by atoms with Crippen molar-refractivity contribution in [2.45, 2.75) is 13.5 Å². The van der Waals surface area contributed by atoms with Crippen LogP contribution in [0.5, 0.6) is 0 Å². The van der Waals surface area contributed by atoms with Crippen LogP contribution in [0.3, 0.4) is 0 Å².